The van der Waals surface area contributed by atoms with E-state index in [0.29, 0.717) is 59.1 Å². The van der Waals surface area contributed by atoms with Crippen LogP contribution < -0.4 is 28.4 Å². The molecular weight excluding hydrogens is 532 g/mol. The van der Waals surface area contributed by atoms with Gasteiger partial charge in [-0.2, -0.15) is 10.2 Å². The van der Waals surface area contributed by atoms with Gasteiger partial charge in [0.25, 0.3) is 0 Å². The Bertz CT molecular complexity index is 1420. The van der Waals surface area contributed by atoms with E-state index in [9.17, 15) is 0 Å². The Morgan fingerprint density at radius 2 is 0.833 bits per heavy atom. The molecule has 0 heterocycles. The van der Waals surface area contributed by atoms with Crippen LogP contribution >= 0.6 is 0 Å². The Hall–Kier alpha value is -4.98. The summed E-state index contributed by atoms with van der Waals surface area (Å²) in [7, 11) is 6.34. The molecule has 0 radical (unpaired) electrons. The summed E-state index contributed by atoms with van der Waals surface area (Å²) in [5, 5.41) is 9.02. The molecule has 0 N–H and O–H groups in total. The highest BCUT2D eigenvalue weighted by molar-refractivity contribution is 6.05. The number of nitrogens with zero attached hydrogens (tertiary/aromatic N) is 2. The van der Waals surface area contributed by atoms with Crippen LogP contribution in [0.25, 0.3) is 0 Å². The van der Waals surface area contributed by atoms with Gasteiger partial charge in [-0.1, -0.05) is 60.7 Å². The molecule has 0 aliphatic rings. The van der Waals surface area contributed by atoms with Gasteiger partial charge in [0.15, 0.2) is 23.0 Å². The van der Waals surface area contributed by atoms with E-state index in [4.69, 9.17) is 28.4 Å². The van der Waals surface area contributed by atoms with Crippen LogP contribution in [0.3, 0.4) is 0 Å². The second kappa shape index (κ2) is 14.6. The monoisotopic (exact) mass is 568 g/mol. The molecule has 0 bridgehead atoms. The van der Waals surface area contributed by atoms with Gasteiger partial charge < -0.3 is 28.4 Å². The molecule has 42 heavy (non-hydrogen) atoms. The van der Waals surface area contributed by atoms with Crippen molar-refractivity contribution in [1.29, 1.82) is 0 Å². The first-order valence-corrected chi connectivity index (χ1v) is 13.4. The molecule has 4 rings (SSSR count). The van der Waals surface area contributed by atoms with Gasteiger partial charge in [-0.15, -0.1) is 0 Å². The Labute approximate surface area is 247 Å². The van der Waals surface area contributed by atoms with Crippen LogP contribution in [0, 0.1) is 0 Å². The second-order valence-corrected chi connectivity index (χ2v) is 9.27. The maximum atomic E-state index is 6.04. The van der Waals surface area contributed by atoms with E-state index >= 15 is 0 Å². The molecule has 0 saturated heterocycles. The molecule has 0 aliphatic heterocycles. The van der Waals surface area contributed by atoms with Crippen molar-refractivity contribution < 1.29 is 28.4 Å². The molecule has 4 aromatic carbocycles. The van der Waals surface area contributed by atoms with Crippen molar-refractivity contribution in [3.05, 3.63) is 107 Å². The van der Waals surface area contributed by atoms with Crippen LogP contribution in [0.5, 0.6) is 34.5 Å². The Morgan fingerprint density at radius 1 is 0.476 bits per heavy atom. The van der Waals surface area contributed by atoms with Crippen molar-refractivity contribution in [1.82, 2.24) is 0 Å². The molecule has 4 aromatic rings. The minimum absolute atomic E-state index is 0.400. The number of methoxy groups -OCH3 is 4. The van der Waals surface area contributed by atoms with Crippen LogP contribution in [0.1, 0.15) is 36.1 Å². The largest absolute Gasteiger partial charge is 0.492 e. The lowest BCUT2D eigenvalue weighted by Crippen LogP contribution is -2.05. The van der Waals surface area contributed by atoms with Crippen molar-refractivity contribution >= 4 is 11.4 Å². The van der Waals surface area contributed by atoms with Crippen molar-refractivity contribution in [2.45, 2.75) is 27.1 Å². The predicted molar refractivity (Wildman–Crippen MR) is 165 cm³/mol. The molecule has 0 saturated carbocycles. The summed E-state index contributed by atoms with van der Waals surface area (Å²) in [5.41, 5.74) is 4.82. The minimum atomic E-state index is 0.400. The molecule has 8 nitrogen and oxygen atoms in total. The van der Waals surface area contributed by atoms with E-state index in [-0.39, 0.29) is 0 Å². The van der Waals surface area contributed by atoms with Gasteiger partial charge in [-0.3, -0.25) is 0 Å². The van der Waals surface area contributed by atoms with Crippen molar-refractivity contribution in [3.63, 3.8) is 0 Å². The summed E-state index contributed by atoms with van der Waals surface area (Å²) >= 11 is 0. The average molecular weight is 569 g/mol. The molecule has 0 atom stereocenters. The smallest absolute Gasteiger partial charge is 0.204 e. The van der Waals surface area contributed by atoms with E-state index in [1.807, 2.05) is 98.8 Å². The number of hydrogen-bond acceptors (Lipinski definition) is 8. The van der Waals surface area contributed by atoms with Gasteiger partial charge in [0.05, 0.1) is 39.9 Å². The average Bonchev–Trinajstić information content (AvgIpc) is 3.04. The molecule has 0 spiro atoms. The normalized spacial score (nSPS) is 11.6. The minimum Gasteiger partial charge on any atom is -0.492 e. The molecule has 218 valence electrons. The lowest BCUT2D eigenvalue weighted by atomic mass is 10.1. The van der Waals surface area contributed by atoms with E-state index in [2.05, 4.69) is 10.2 Å². The van der Waals surface area contributed by atoms with E-state index in [1.54, 1.807) is 28.4 Å². The van der Waals surface area contributed by atoms with Crippen LogP contribution in [0.4, 0.5) is 0 Å². The fourth-order valence-electron chi connectivity index (χ4n) is 4.41. The molecular formula is C34H36N2O6. The molecule has 0 unspecified atom stereocenters. The van der Waals surface area contributed by atoms with Gasteiger partial charge in [0.1, 0.15) is 13.2 Å². The van der Waals surface area contributed by atoms with Crippen LogP contribution in [-0.2, 0) is 13.2 Å². The molecule has 0 aliphatic carbocycles. The highest BCUT2D eigenvalue weighted by atomic mass is 16.5. The summed E-state index contributed by atoms with van der Waals surface area (Å²) in [4.78, 5) is 0. The highest BCUT2D eigenvalue weighted by Gasteiger charge is 2.20. The summed E-state index contributed by atoms with van der Waals surface area (Å²) in [5.74, 6) is 3.13. The van der Waals surface area contributed by atoms with Crippen molar-refractivity contribution in [2.24, 2.45) is 10.2 Å². The SMILES string of the molecule is COc1c(OCc2ccccc2)ccc(/C(C)=N\N=C(\C)c2ccc(OCc3ccccc3)c(OC)c2OC)c1OC. The zero-order valence-corrected chi connectivity index (χ0v) is 24.8. The lowest BCUT2D eigenvalue weighted by molar-refractivity contribution is 0.275. The number of ether oxygens (including phenoxy) is 6. The van der Waals surface area contributed by atoms with E-state index < -0.39 is 0 Å². The van der Waals surface area contributed by atoms with E-state index in [0.717, 1.165) is 22.3 Å². The summed E-state index contributed by atoms with van der Waals surface area (Å²) < 4.78 is 34.9. The molecule has 0 aromatic heterocycles. The first-order chi connectivity index (χ1) is 20.5. The van der Waals surface area contributed by atoms with Crippen LogP contribution in [0.15, 0.2) is 95.1 Å². The predicted octanol–water partition coefficient (Wildman–Crippen LogP) is 7.11. The van der Waals surface area contributed by atoms with Gasteiger partial charge in [-0.25, -0.2) is 0 Å². The van der Waals surface area contributed by atoms with Gasteiger partial charge >= 0.3 is 0 Å². The number of hydrogen-bond donors (Lipinski definition) is 0. The summed E-state index contributed by atoms with van der Waals surface area (Å²) in [6, 6.07) is 27.3. The maximum absolute atomic E-state index is 6.04. The van der Waals surface area contributed by atoms with Crippen molar-refractivity contribution in [3.8, 4) is 34.5 Å². The Kier molecular flexibility index (Phi) is 10.4. The van der Waals surface area contributed by atoms with E-state index in [1.165, 1.54) is 0 Å². The third-order valence-electron chi connectivity index (χ3n) is 6.57. The highest BCUT2D eigenvalue weighted by Crippen LogP contribution is 2.42. The Balaban J connectivity index is 1.59. The summed E-state index contributed by atoms with van der Waals surface area (Å²) in [6.45, 7) is 4.52. The lowest BCUT2D eigenvalue weighted by Gasteiger charge is -2.17. The zero-order valence-electron chi connectivity index (χ0n) is 24.8. The number of rotatable bonds is 13. The van der Waals surface area contributed by atoms with Gasteiger partial charge in [0.2, 0.25) is 11.5 Å². The third kappa shape index (κ3) is 7.01. The quantitative estimate of drug-likeness (QED) is 0.126. The van der Waals surface area contributed by atoms with Crippen LogP contribution in [0.2, 0.25) is 0 Å². The topological polar surface area (TPSA) is 80.1 Å². The third-order valence-corrected chi connectivity index (χ3v) is 6.57. The fourth-order valence-corrected chi connectivity index (χ4v) is 4.41. The van der Waals surface area contributed by atoms with Crippen LogP contribution in [-0.4, -0.2) is 39.9 Å². The molecule has 0 amide bonds. The Morgan fingerprint density at radius 3 is 1.17 bits per heavy atom. The summed E-state index contributed by atoms with van der Waals surface area (Å²) in [6.07, 6.45) is 0. The van der Waals surface area contributed by atoms with Gasteiger partial charge in [-0.05, 0) is 49.2 Å². The second-order valence-electron chi connectivity index (χ2n) is 9.27. The first kappa shape index (κ1) is 30.0. The molecule has 0 fully saturated rings. The zero-order chi connectivity index (χ0) is 29.9. The fraction of sp³-hybridized carbons (Fsp3) is 0.235. The number of benzene rings is 4. The van der Waals surface area contributed by atoms with Gasteiger partial charge in [0, 0.05) is 11.1 Å². The molecule has 8 heteroatoms. The standard InChI is InChI=1S/C34H36N2O6/c1-23(27-17-19-29(33(39-5)31(27)37-3)41-21-25-13-9-7-10-14-25)35-36-24(2)28-18-20-30(34(40-6)32(28)38-4)42-22-26-15-11-8-12-16-26/h7-20H,21-22H2,1-6H3/b35-23-,36-24-. The van der Waals surface area contributed by atoms with Crippen molar-refractivity contribution in [2.75, 3.05) is 28.4 Å². The maximum Gasteiger partial charge on any atom is 0.204 e. The first-order valence-electron chi connectivity index (χ1n) is 13.4.